The molecule has 0 radical (unpaired) electrons. The molecule has 1 aromatic carbocycles. The van der Waals surface area contributed by atoms with Gasteiger partial charge >= 0.3 is 6.09 Å². The number of benzene rings is 1. The number of amides is 3. The summed E-state index contributed by atoms with van der Waals surface area (Å²) in [5.74, 6) is -0.620. The van der Waals surface area contributed by atoms with Gasteiger partial charge in [-0.15, -0.1) is 0 Å². The van der Waals surface area contributed by atoms with Crippen LogP contribution in [-0.2, 0) is 25.5 Å². The van der Waals surface area contributed by atoms with Gasteiger partial charge in [0.05, 0.1) is 17.9 Å². The minimum Gasteiger partial charge on any atom is -0.474 e. The first-order chi connectivity index (χ1) is 15.2. The highest BCUT2D eigenvalue weighted by molar-refractivity contribution is 6.06. The van der Waals surface area contributed by atoms with Crippen molar-refractivity contribution in [3.8, 4) is 0 Å². The maximum Gasteiger partial charge on any atom is 0.417 e. The number of fused-ring (bicyclic) bond motifs is 3. The number of rotatable bonds is 3. The van der Waals surface area contributed by atoms with Gasteiger partial charge in [-0.05, 0) is 64.2 Å². The quantitative estimate of drug-likeness (QED) is 0.531. The third-order valence-corrected chi connectivity index (χ3v) is 6.44. The van der Waals surface area contributed by atoms with Crippen molar-refractivity contribution in [2.75, 3.05) is 0 Å². The molecule has 2 fully saturated rings. The molecule has 1 saturated heterocycles. The Morgan fingerprint density at radius 1 is 1.12 bits per heavy atom. The summed E-state index contributed by atoms with van der Waals surface area (Å²) >= 11 is 0. The molecule has 7 nitrogen and oxygen atoms in total. The van der Waals surface area contributed by atoms with E-state index in [0.717, 1.165) is 24.0 Å². The van der Waals surface area contributed by atoms with Crippen LogP contribution in [-0.4, -0.2) is 45.6 Å². The zero-order valence-electron chi connectivity index (χ0n) is 18.8. The Morgan fingerprint density at radius 3 is 2.53 bits per heavy atom. The average Bonchev–Trinajstić information content (AvgIpc) is 3.34. The number of likely N-dealkylation sites (tertiary alicyclic amines) is 1. The summed E-state index contributed by atoms with van der Waals surface area (Å²) in [5, 5.41) is 0. The number of ether oxygens (including phenoxy) is 2. The predicted molar refractivity (Wildman–Crippen MR) is 116 cm³/mol. The summed E-state index contributed by atoms with van der Waals surface area (Å²) in [6.07, 6.45) is 4.68. The predicted octanol–water partition coefficient (Wildman–Crippen LogP) is 3.85. The lowest BCUT2D eigenvalue weighted by atomic mass is 9.97. The van der Waals surface area contributed by atoms with Crippen molar-refractivity contribution in [2.24, 2.45) is 5.92 Å². The van der Waals surface area contributed by atoms with E-state index in [1.165, 1.54) is 11.2 Å². The van der Waals surface area contributed by atoms with Crippen LogP contribution < -0.4 is 0 Å². The molecule has 3 atom stereocenters. The molecule has 3 unspecified atom stereocenters. The highest BCUT2D eigenvalue weighted by atomic mass is 16.6. The van der Waals surface area contributed by atoms with Gasteiger partial charge in [0.25, 0.3) is 11.8 Å². The number of carbonyl (C=O) groups excluding carboxylic acids is 3. The van der Waals surface area contributed by atoms with E-state index in [0.29, 0.717) is 17.6 Å². The summed E-state index contributed by atoms with van der Waals surface area (Å²) in [6.45, 7) is 7.12. The molecule has 4 aliphatic rings. The van der Waals surface area contributed by atoms with E-state index in [1.807, 2.05) is 24.3 Å². The maximum atomic E-state index is 13.4. The van der Waals surface area contributed by atoms with Gasteiger partial charge in [-0.1, -0.05) is 24.3 Å². The molecule has 5 rings (SSSR count). The third kappa shape index (κ3) is 3.40. The molecule has 3 amide bonds. The number of hydrogen-bond acceptors (Lipinski definition) is 5. The van der Waals surface area contributed by atoms with E-state index >= 15 is 0 Å². The van der Waals surface area contributed by atoms with Crippen molar-refractivity contribution in [3.63, 3.8) is 0 Å². The van der Waals surface area contributed by atoms with Gasteiger partial charge in [0.15, 0.2) is 6.23 Å². The summed E-state index contributed by atoms with van der Waals surface area (Å²) in [7, 11) is 0. The van der Waals surface area contributed by atoms with Gasteiger partial charge < -0.3 is 9.47 Å². The van der Waals surface area contributed by atoms with Crippen molar-refractivity contribution in [3.05, 3.63) is 58.9 Å². The van der Waals surface area contributed by atoms with E-state index < -0.39 is 29.9 Å². The van der Waals surface area contributed by atoms with E-state index in [4.69, 9.17) is 9.47 Å². The average molecular weight is 437 g/mol. The normalized spacial score (nSPS) is 28.2. The first-order valence-electron chi connectivity index (χ1n) is 11.2. The van der Waals surface area contributed by atoms with Gasteiger partial charge in [0.2, 0.25) is 0 Å². The molecule has 0 spiro atoms. The largest absolute Gasteiger partial charge is 0.474 e. The monoisotopic (exact) mass is 436 g/mol. The zero-order chi connectivity index (χ0) is 22.8. The maximum absolute atomic E-state index is 13.4. The standard InChI is InChI=1S/C25H28N2O5/c1-14-11-20(26(22(14)28)16-9-10-16)31-13-19-18-12-15-7-5-6-8-17(15)21(18)27(23(19)29)24(30)32-25(2,3)4/h5-8,11,13,16,18,20-21H,9-10,12H2,1-4H3/b19-13+. The fourth-order valence-electron chi connectivity index (χ4n) is 4.90. The topological polar surface area (TPSA) is 76.2 Å². The summed E-state index contributed by atoms with van der Waals surface area (Å²) < 4.78 is 11.6. The van der Waals surface area contributed by atoms with Crippen LogP contribution in [0.1, 0.15) is 57.7 Å². The fraction of sp³-hybridized carbons (Fsp3) is 0.480. The fourth-order valence-corrected chi connectivity index (χ4v) is 4.90. The second kappa shape index (κ2) is 7.22. The molecule has 0 aromatic heterocycles. The van der Waals surface area contributed by atoms with Crippen molar-refractivity contribution in [2.45, 2.75) is 70.9 Å². The number of carbonyl (C=O) groups is 3. The van der Waals surface area contributed by atoms with Crippen LogP contribution >= 0.6 is 0 Å². The van der Waals surface area contributed by atoms with Crippen LogP contribution in [0.2, 0.25) is 0 Å². The van der Waals surface area contributed by atoms with Gasteiger partial charge in [-0.3, -0.25) is 14.5 Å². The lowest BCUT2D eigenvalue weighted by Gasteiger charge is -2.27. The molecular formula is C25H28N2O5. The Kier molecular flexibility index (Phi) is 4.69. The van der Waals surface area contributed by atoms with Crippen molar-refractivity contribution >= 4 is 17.9 Å². The lowest BCUT2D eigenvalue weighted by molar-refractivity contribution is -0.132. The van der Waals surface area contributed by atoms with Crippen molar-refractivity contribution in [1.29, 1.82) is 0 Å². The highest BCUT2D eigenvalue weighted by Crippen LogP contribution is 2.50. The lowest BCUT2D eigenvalue weighted by Crippen LogP contribution is -2.39. The SMILES string of the molecule is CC1=CC(O/C=C2/C(=O)N(C(=O)OC(C)(C)C)C3c4ccccc4CC23)N(C2CC2)C1=O. The molecule has 2 aliphatic heterocycles. The number of nitrogens with zero attached hydrogens (tertiary/aromatic N) is 2. The second-order valence-electron chi connectivity index (χ2n) is 10.0. The van der Waals surface area contributed by atoms with E-state index in [-0.39, 0.29) is 17.9 Å². The van der Waals surface area contributed by atoms with Crippen LogP contribution in [0, 0.1) is 5.92 Å². The molecule has 32 heavy (non-hydrogen) atoms. The van der Waals surface area contributed by atoms with Crippen LogP contribution in [0.15, 0.2) is 47.7 Å². The molecule has 0 bridgehead atoms. The Hall–Kier alpha value is -3.09. The highest BCUT2D eigenvalue weighted by Gasteiger charge is 2.53. The van der Waals surface area contributed by atoms with Gasteiger partial charge in [0.1, 0.15) is 5.60 Å². The van der Waals surface area contributed by atoms with Crippen LogP contribution in [0.3, 0.4) is 0 Å². The smallest absolute Gasteiger partial charge is 0.417 e. The van der Waals surface area contributed by atoms with Gasteiger partial charge in [-0.2, -0.15) is 0 Å². The minimum absolute atomic E-state index is 0.0184. The molecule has 1 aromatic rings. The molecule has 168 valence electrons. The molecule has 2 aliphatic carbocycles. The molecule has 0 N–H and O–H groups in total. The second-order valence-corrected chi connectivity index (χ2v) is 10.0. The Morgan fingerprint density at radius 2 is 1.84 bits per heavy atom. The summed E-state index contributed by atoms with van der Waals surface area (Å²) in [6, 6.07) is 7.66. The minimum atomic E-state index is -0.717. The van der Waals surface area contributed by atoms with E-state index in [1.54, 1.807) is 38.7 Å². The first-order valence-corrected chi connectivity index (χ1v) is 11.2. The molecule has 1 saturated carbocycles. The number of hydrogen-bond donors (Lipinski definition) is 0. The van der Waals surface area contributed by atoms with Crippen LogP contribution in [0.5, 0.6) is 0 Å². The molecule has 2 heterocycles. The molecule has 7 heteroatoms. The Labute approximate surface area is 187 Å². The van der Waals surface area contributed by atoms with Crippen LogP contribution in [0.4, 0.5) is 4.79 Å². The Balaban J connectivity index is 1.46. The van der Waals surface area contributed by atoms with Gasteiger partial charge in [0, 0.05) is 17.5 Å². The molecular weight excluding hydrogens is 408 g/mol. The Bertz CT molecular complexity index is 1060. The van der Waals surface area contributed by atoms with E-state index in [2.05, 4.69) is 0 Å². The summed E-state index contributed by atoms with van der Waals surface area (Å²) in [4.78, 5) is 41.9. The first kappa shape index (κ1) is 20.8. The van der Waals surface area contributed by atoms with Gasteiger partial charge in [-0.25, -0.2) is 9.69 Å². The van der Waals surface area contributed by atoms with E-state index in [9.17, 15) is 14.4 Å². The van der Waals surface area contributed by atoms with Crippen molar-refractivity contribution < 1.29 is 23.9 Å². The number of imide groups is 1. The van der Waals surface area contributed by atoms with Crippen molar-refractivity contribution in [1.82, 2.24) is 9.80 Å². The third-order valence-electron chi connectivity index (χ3n) is 6.44. The summed E-state index contributed by atoms with van der Waals surface area (Å²) in [5.41, 5.74) is 2.45. The zero-order valence-corrected chi connectivity index (χ0v) is 18.8. The van der Waals surface area contributed by atoms with Crippen LogP contribution in [0.25, 0.3) is 0 Å².